The number of nitrogens with one attached hydrogen (secondary N) is 1. The van der Waals surface area contributed by atoms with Gasteiger partial charge in [0, 0.05) is 17.3 Å². The molecule has 2 amide bonds. The van der Waals surface area contributed by atoms with E-state index in [0.29, 0.717) is 12.8 Å². The van der Waals surface area contributed by atoms with Gasteiger partial charge < -0.3 is 15.0 Å². The Morgan fingerprint density at radius 2 is 1.87 bits per heavy atom. The summed E-state index contributed by atoms with van der Waals surface area (Å²) < 4.78 is 48.4. The van der Waals surface area contributed by atoms with Crippen LogP contribution in [0.25, 0.3) is 0 Å². The second kappa shape index (κ2) is 7.77. The molecule has 0 spiro atoms. The Labute approximate surface area is 172 Å². The van der Waals surface area contributed by atoms with Crippen LogP contribution in [0.1, 0.15) is 49.9 Å². The summed E-state index contributed by atoms with van der Waals surface area (Å²) in [6.07, 6.45) is -2.55. The number of allylic oxidation sites excluding steroid dienone is 1. The fraction of sp³-hybridized carbons (Fsp3) is 0.476. The number of carbonyl (C=O) groups is 3. The molecule has 0 radical (unpaired) electrons. The fourth-order valence-electron chi connectivity index (χ4n) is 4.41. The third-order valence-electron chi connectivity index (χ3n) is 5.74. The lowest BCUT2D eigenvalue weighted by Crippen LogP contribution is -2.66. The second-order valence-electron chi connectivity index (χ2n) is 7.56. The molecule has 1 unspecified atom stereocenters. The number of carbonyl (C=O) groups excluding carboxylic acids is 3. The normalized spacial score (nSPS) is 22.6. The highest BCUT2D eigenvalue weighted by molar-refractivity contribution is 6.13. The third kappa shape index (κ3) is 3.36. The minimum absolute atomic E-state index is 0.0531. The van der Waals surface area contributed by atoms with Crippen LogP contribution in [0, 0.1) is 0 Å². The van der Waals surface area contributed by atoms with E-state index in [4.69, 9.17) is 4.74 Å². The summed E-state index contributed by atoms with van der Waals surface area (Å²) in [6.45, 7) is 2.31. The van der Waals surface area contributed by atoms with Crippen LogP contribution >= 0.6 is 0 Å². The van der Waals surface area contributed by atoms with Crippen LogP contribution in [0.2, 0.25) is 0 Å². The van der Waals surface area contributed by atoms with Gasteiger partial charge >= 0.3 is 6.18 Å². The topological polar surface area (TPSA) is 75.7 Å². The number of ketones is 1. The summed E-state index contributed by atoms with van der Waals surface area (Å²) >= 11 is 0. The van der Waals surface area contributed by atoms with Crippen LogP contribution in [-0.4, -0.2) is 47.4 Å². The molecule has 9 heteroatoms. The molecular formula is C21H23F3N2O4. The van der Waals surface area contributed by atoms with E-state index < -0.39 is 40.9 Å². The molecule has 2 aliphatic rings. The maximum Gasteiger partial charge on any atom is 0.425 e. The molecule has 1 aromatic carbocycles. The van der Waals surface area contributed by atoms with Gasteiger partial charge in [-0.15, -0.1) is 0 Å². The van der Waals surface area contributed by atoms with Gasteiger partial charge in [-0.05, 0) is 44.9 Å². The van der Waals surface area contributed by atoms with Gasteiger partial charge in [-0.1, -0.05) is 18.9 Å². The lowest BCUT2D eigenvalue weighted by Gasteiger charge is -2.34. The first-order chi connectivity index (χ1) is 14.0. The molecular weight excluding hydrogens is 401 g/mol. The minimum atomic E-state index is -5.21. The highest BCUT2D eigenvalue weighted by Crippen LogP contribution is 2.47. The summed E-state index contributed by atoms with van der Waals surface area (Å²) in [7, 11) is 1.36. The SMILES string of the molecule is COc1cccc(C(=O)NC2(C(F)(F)F)C(=O)N(C3CCCC3)C(C)=C2C(C)=O)c1. The monoisotopic (exact) mass is 424 g/mol. The van der Waals surface area contributed by atoms with Crippen molar-refractivity contribution in [3.05, 3.63) is 41.1 Å². The average Bonchev–Trinajstić information content (AvgIpc) is 3.26. The van der Waals surface area contributed by atoms with Crippen molar-refractivity contribution in [2.45, 2.75) is 57.3 Å². The predicted molar refractivity (Wildman–Crippen MR) is 102 cm³/mol. The fourth-order valence-corrected chi connectivity index (χ4v) is 4.41. The molecule has 6 nitrogen and oxygen atoms in total. The molecule has 0 bridgehead atoms. The van der Waals surface area contributed by atoms with Gasteiger partial charge in [0.05, 0.1) is 12.7 Å². The number of hydrogen-bond acceptors (Lipinski definition) is 4. The number of benzene rings is 1. The Morgan fingerprint density at radius 1 is 1.23 bits per heavy atom. The molecule has 0 aromatic heterocycles. The van der Waals surface area contributed by atoms with Crippen molar-refractivity contribution in [3.63, 3.8) is 0 Å². The summed E-state index contributed by atoms with van der Waals surface area (Å²) in [5.74, 6) is -3.10. The maximum atomic E-state index is 14.5. The van der Waals surface area contributed by atoms with E-state index in [9.17, 15) is 27.6 Å². The van der Waals surface area contributed by atoms with Gasteiger partial charge in [0.2, 0.25) is 5.54 Å². The number of Topliss-reactive ketones (excluding diaryl/α,β-unsaturated/α-hetero) is 1. The lowest BCUT2D eigenvalue weighted by molar-refractivity contribution is -0.191. The zero-order valence-corrected chi connectivity index (χ0v) is 16.9. The van der Waals surface area contributed by atoms with Gasteiger partial charge in [0.25, 0.3) is 11.8 Å². The van der Waals surface area contributed by atoms with Crippen LogP contribution in [0.5, 0.6) is 5.75 Å². The number of halogens is 3. The number of methoxy groups -OCH3 is 1. The Kier molecular flexibility index (Phi) is 5.66. The largest absolute Gasteiger partial charge is 0.497 e. The Bertz CT molecular complexity index is 919. The van der Waals surface area contributed by atoms with E-state index >= 15 is 0 Å². The van der Waals surface area contributed by atoms with Crippen LogP contribution in [0.15, 0.2) is 35.5 Å². The Morgan fingerprint density at radius 3 is 2.40 bits per heavy atom. The van der Waals surface area contributed by atoms with Gasteiger partial charge in [-0.3, -0.25) is 14.4 Å². The molecule has 1 saturated carbocycles. The number of ether oxygens (including phenoxy) is 1. The molecule has 1 heterocycles. The van der Waals surface area contributed by atoms with Crippen molar-refractivity contribution in [1.29, 1.82) is 0 Å². The highest BCUT2D eigenvalue weighted by atomic mass is 19.4. The van der Waals surface area contributed by atoms with Crippen LogP contribution in [0.3, 0.4) is 0 Å². The van der Waals surface area contributed by atoms with Gasteiger partial charge in [-0.2, -0.15) is 13.2 Å². The Balaban J connectivity index is 2.12. The number of nitrogens with zero attached hydrogens (tertiary/aromatic N) is 1. The third-order valence-corrected chi connectivity index (χ3v) is 5.74. The second-order valence-corrected chi connectivity index (χ2v) is 7.56. The van der Waals surface area contributed by atoms with E-state index in [1.807, 2.05) is 5.32 Å². The van der Waals surface area contributed by atoms with E-state index in [1.165, 1.54) is 38.3 Å². The smallest absolute Gasteiger partial charge is 0.425 e. The van der Waals surface area contributed by atoms with E-state index in [-0.39, 0.29) is 17.0 Å². The van der Waals surface area contributed by atoms with Crippen LogP contribution in [0.4, 0.5) is 13.2 Å². The van der Waals surface area contributed by atoms with Crippen molar-refractivity contribution in [3.8, 4) is 5.75 Å². The first kappa shape index (κ1) is 21.9. The molecule has 1 aromatic rings. The van der Waals surface area contributed by atoms with Crippen molar-refractivity contribution < 1.29 is 32.3 Å². The molecule has 1 aliphatic carbocycles. The van der Waals surface area contributed by atoms with E-state index in [0.717, 1.165) is 24.7 Å². The van der Waals surface area contributed by atoms with Crippen molar-refractivity contribution >= 4 is 17.6 Å². The molecule has 1 N–H and O–H groups in total. The molecule has 162 valence electrons. The summed E-state index contributed by atoms with van der Waals surface area (Å²) in [6, 6.07) is 5.12. The number of hydrogen-bond donors (Lipinski definition) is 1. The van der Waals surface area contributed by atoms with Gasteiger partial charge in [0.1, 0.15) is 5.75 Å². The zero-order valence-electron chi connectivity index (χ0n) is 16.9. The van der Waals surface area contributed by atoms with Crippen LogP contribution < -0.4 is 10.1 Å². The maximum absolute atomic E-state index is 14.5. The average molecular weight is 424 g/mol. The first-order valence-corrected chi connectivity index (χ1v) is 9.63. The van der Waals surface area contributed by atoms with E-state index in [1.54, 1.807) is 0 Å². The Hall–Kier alpha value is -2.84. The van der Waals surface area contributed by atoms with Gasteiger partial charge in [-0.25, -0.2) is 0 Å². The first-order valence-electron chi connectivity index (χ1n) is 9.63. The van der Waals surface area contributed by atoms with Crippen molar-refractivity contribution in [2.24, 2.45) is 0 Å². The summed E-state index contributed by atoms with van der Waals surface area (Å²) in [5.41, 5.74) is -4.33. The predicted octanol–water partition coefficient (Wildman–Crippen LogP) is 3.37. The zero-order chi connectivity index (χ0) is 22.3. The molecule has 1 fully saturated rings. The number of alkyl halides is 3. The standard InChI is InChI=1S/C21H23F3N2O4/c1-12-17(13(2)27)20(21(22,23)24,19(29)26(12)15-8-4-5-9-15)25-18(28)14-7-6-10-16(11-14)30-3/h6-7,10-11,15H,4-5,8-9H2,1-3H3,(H,25,28). The van der Waals surface area contributed by atoms with Crippen molar-refractivity contribution in [2.75, 3.05) is 7.11 Å². The summed E-state index contributed by atoms with van der Waals surface area (Å²) in [5, 5.41) is 1.88. The van der Waals surface area contributed by atoms with E-state index in [2.05, 4.69) is 0 Å². The highest BCUT2D eigenvalue weighted by Gasteiger charge is 2.70. The van der Waals surface area contributed by atoms with Crippen LogP contribution in [-0.2, 0) is 9.59 Å². The molecule has 0 saturated heterocycles. The number of rotatable bonds is 5. The number of amides is 2. The lowest BCUT2D eigenvalue weighted by atomic mass is 9.86. The van der Waals surface area contributed by atoms with Gasteiger partial charge in [0.15, 0.2) is 5.78 Å². The molecule has 30 heavy (non-hydrogen) atoms. The molecule has 3 rings (SSSR count). The molecule has 1 atom stereocenters. The molecule has 1 aliphatic heterocycles. The van der Waals surface area contributed by atoms with Crippen molar-refractivity contribution in [1.82, 2.24) is 10.2 Å². The summed E-state index contributed by atoms with van der Waals surface area (Å²) in [4.78, 5) is 39.4. The minimum Gasteiger partial charge on any atom is -0.497 e. The quantitative estimate of drug-likeness (QED) is 0.787.